The van der Waals surface area contributed by atoms with Gasteiger partial charge < -0.3 is 14.7 Å². The summed E-state index contributed by atoms with van der Waals surface area (Å²) >= 11 is 0. The zero-order valence-corrected chi connectivity index (χ0v) is 15.0. The monoisotopic (exact) mass is 348 g/mol. The van der Waals surface area contributed by atoms with Crippen LogP contribution in [-0.4, -0.2) is 46.5 Å². The molecule has 2 aliphatic rings. The van der Waals surface area contributed by atoms with Crippen LogP contribution in [-0.2, 0) is 16.0 Å². The van der Waals surface area contributed by atoms with Gasteiger partial charge in [0.1, 0.15) is 0 Å². The fourth-order valence-electron chi connectivity index (χ4n) is 3.79. The molecular weight excluding hydrogens is 320 g/mol. The van der Waals surface area contributed by atoms with Crippen molar-refractivity contribution in [1.29, 1.82) is 0 Å². The summed E-state index contributed by atoms with van der Waals surface area (Å²) in [5, 5.41) is 7.09. The highest BCUT2D eigenvalue weighted by Gasteiger charge is 2.26. The van der Waals surface area contributed by atoms with Crippen LogP contribution in [0.4, 0.5) is 0 Å². The maximum atomic E-state index is 12.1. The number of carbonyl (C=O) groups excluding carboxylic acids is 2. The molecule has 2 heterocycles. The van der Waals surface area contributed by atoms with Crippen molar-refractivity contribution >= 4 is 11.8 Å². The molecule has 1 saturated heterocycles. The maximum Gasteiger partial charge on any atom is 0.228 e. The molecule has 2 amide bonds. The highest BCUT2D eigenvalue weighted by molar-refractivity contribution is 5.78. The first-order valence-electron chi connectivity index (χ1n) is 9.49. The molecule has 1 aromatic heterocycles. The second-order valence-electron chi connectivity index (χ2n) is 7.20. The van der Waals surface area contributed by atoms with E-state index in [-0.39, 0.29) is 23.7 Å². The molecule has 0 spiro atoms. The third kappa shape index (κ3) is 4.80. The Hall–Kier alpha value is -1.92. The van der Waals surface area contributed by atoms with Crippen molar-refractivity contribution in [2.75, 3.05) is 19.6 Å². The third-order valence-electron chi connectivity index (χ3n) is 5.40. The Kier molecular flexibility index (Phi) is 6.04. The number of piperidine rings is 1. The van der Waals surface area contributed by atoms with Gasteiger partial charge in [-0.2, -0.15) is 4.98 Å². The normalized spacial score (nSPS) is 19.8. The highest BCUT2D eigenvalue weighted by Crippen LogP contribution is 2.26. The standard InChI is InChI=1S/C18H28N4O3/c1-13(23)22-11-8-14(9-12-22)17-20-16(25-21-17)7-10-19-18(24)15-5-3-2-4-6-15/h14-15H,2-12H2,1H3,(H,19,24). The summed E-state index contributed by atoms with van der Waals surface area (Å²) in [4.78, 5) is 29.8. The van der Waals surface area contributed by atoms with Crippen molar-refractivity contribution in [2.24, 2.45) is 5.92 Å². The van der Waals surface area contributed by atoms with Crippen LogP contribution < -0.4 is 5.32 Å². The summed E-state index contributed by atoms with van der Waals surface area (Å²) in [6, 6.07) is 0. The molecule has 1 aliphatic heterocycles. The first-order valence-corrected chi connectivity index (χ1v) is 9.49. The lowest BCUT2D eigenvalue weighted by molar-refractivity contribution is -0.130. The van der Waals surface area contributed by atoms with E-state index in [2.05, 4.69) is 15.5 Å². The SMILES string of the molecule is CC(=O)N1CCC(c2noc(CCNC(=O)C3CCCCC3)n2)CC1. The molecular formula is C18H28N4O3. The van der Waals surface area contributed by atoms with Gasteiger partial charge in [0.25, 0.3) is 0 Å². The van der Waals surface area contributed by atoms with Crippen LogP contribution in [0, 0.1) is 5.92 Å². The summed E-state index contributed by atoms with van der Waals surface area (Å²) < 4.78 is 5.33. The Bertz CT molecular complexity index is 587. The number of rotatable bonds is 5. The van der Waals surface area contributed by atoms with E-state index in [1.807, 2.05) is 4.90 Å². The molecule has 0 aromatic carbocycles. The molecule has 0 bridgehead atoms. The summed E-state index contributed by atoms with van der Waals surface area (Å²) in [5.74, 6) is 2.03. The topological polar surface area (TPSA) is 88.3 Å². The number of hydrogen-bond acceptors (Lipinski definition) is 5. The number of aromatic nitrogens is 2. The molecule has 7 heteroatoms. The zero-order valence-electron chi connectivity index (χ0n) is 15.0. The lowest BCUT2D eigenvalue weighted by Crippen LogP contribution is -2.36. The van der Waals surface area contributed by atoms with Gasteiger partial charge in [-0.3, -0.25) is 9.59 Å². The second kappa shape index (κ2) is 8.45. The average molecular weight is 348 g/mol. The Balaban J connectivity index is 1.41. The molecule has 2 fully saturated rings. The number of hydrogen-bond donors (Lipinski definition) is 1. The summed E-state index contributed by atoms with van der Waals surface area (Å²) in [6.45, 7) is 3.65. The summed E-state index contributed by atoms with van der Waals surface area (Å²) in [5.41, 5.74) is 0. The maximum absolute atomic E-state index is 12.1. The van der Waals surface area contributed by atoms with Gasteiger partial charge in [-0.25, -0.2) is 0 Å². The molecule has 1 saturated carbocycles. The Morgan fingerprint density at radius 3 is 2.56 bits per heavy atom. The largest absolute Gasteiger partial charge is 0.355 e. The van der Waals surface area contributed by atoms with E-state index in [0.29, 0.717) is 18.9 Å². The number of nitrogens with one attached hydrogen (secondary N) is 1. The van der Waals surface area contributed by atoms with Crippen LogP contribution in [0.25, 0.3) is 0 Å². The zero-order chi connectivity index (χ0) is 17.6. The van der Waals surface area contributed by atoms with Crippen molar-refractivity contribution in [1.82, 2.24) is 20.4 Å². The number of amides is 2. The minimum Gasteiger partial charge on any atom is -0.355 e. The van der Waals surface area contributed by atoms with Gasteiger partial charge in [-0.15, -0.1) is 0 Å². The van der Waals surface area contributed by atoms with Crippen LogP contribution in [0.1, 0.15) is 69.5 Å². The van der Waals surface area contributed by atoms with Gasteiger partial charge in [0.15, 0.2) is 5.82 Å². The molecule has 1 N–H and O–H groups in total. The second-order valence-corrected chi connectivity index (χ2v) is 7.20. The quantitative estimate of drug-likeness (QED) is 0.879. The van der Waals surface area contributed by atoms with Crippen LogP contribution in [0.2, 0.25) is 0 Å². The Morgan fingerprint density at radius 2 is 1.88 bits per heavy atom. The molecule has 0 radical (unpaired) electrons. The first kappa shape index (κ1) is 17.9. The van der Waals surface area contributed by atoms with Crippen molar-refractivity contribution in [3.05, 3.63) is 11.7 Å². The van der Waals surface area contributed by atoms with Gasteiger partial charge in [-0.05, 0) is 25.7 Å². The van der Waals surface area contributed by atoms with E-state index < -0.39 is 0 Å². The minimum absolute atomic E-state index is 0.126. The van der Waals surface area contributed by atoms with E-state index in [1.165, 1.54) is 6.42 Å². The molecule has 25 heavy (non-hydrogen) atoms. The van der Waals surface area contributed by atoms with E-state index in [0.717, 1.165) is 57.4 Å². The smallest absolute Gasteiger partial charge is 0.228 e. The predicted molar refractivity (Wildman–Crippen MR) is 91.8 cm³/mol. The third-order valence-corrected chi connectivity index (χ3v) is 5.40. The number of nitrogens with zero attached hydrogens (tertiary/aromatic N) is 3. The van der Waals surface area contributed by atoms with Crippen LogP contribution in [0.5, 0.6) is 0 Å². The fraction of sp³-hybridized carbons (Fsp3) is 0.778. The highest BCUT2D eigenvalue weighted by atomic mass is 16.5. The first-order chi connectivity index (χ1) is 12.1. The fourth-order valence-corrected chi connectivity index (χ4v) is 3.79. The average Bonchev–Trinajstić information content (AvgIpc) is 3.11. The van der Waals surface area contributed by atoms with Gasteiger partial charge in [0, 0.05) is 44.8 Å². The molecule has 1 aliphatic carbocycles. The van der Waals surface area contributed by atoms with Crippen molar-refractivity contribution in [2.45, 2.75) is 64.2 Å². The lowest BCUT2D eigenvalue weighted by atomic mass is 9.89. The van der Waals surface area contributed by atoms with Gasteiger partial charge in [0.05, 0.1) is 0 Å². The van der Waals surface area contributed by atoms with Crippen molar-refractivity contribution in [3.63, 3.8) is 0 Å². The number of carbonyl (C=O) groups is 2. The molecule has 0 atom stereocenters. The van der Waals surface area contributed by atoms with E-state index in [4.69, 9.17) is 4.52 Å². The van der Waals surface area contributed by atoms with E-state index >= 15 is 0 Å². The Labute approximate surface area is 148 Å². The van der Waals surface area contributed by atoms with E-state index in [1.54, 1.807) is 6.92 Å². The minimum atomic E-state index is 0.126. The molecule has 1 aromatic rings. The van der Waals surface area contributed by atoms with Crippen LogP contribution >= 0.6 is 0 Å². The summed E-state index contributed by atoms with van der Waals surface area (Å²) in [6.07, 6.45) is 7.90. The molecule has 138 valence electrons. The van der Waals surface area contributed by atoms with Gasteiger partial charge >= 0.3 is 0 Å². The Morgan fingerprint density at radius 1 is 1.16 bits per heavy atom. The van der Waals surface area contributed by atoms with Crippen molar-refractivity contribution in [3.8, 4) is 0 Å². The van der Waals surface area contributed by atoms with Crippen molar-refractivity contribution < 1.29 is 14.1 Å². The molecule has 7 nitrogen and oxygen atoms in total. The van der Waals surface area contributed by atoms with E-state index in [9.17, 15) is 9.59 Å². The van der Waals surface area contributed by atoms with Crippen LogP contribution in [0.3, 0.4) is 0 Å². The predicted octanol–water partition coefficient (Wildman–Crippen LogP) is 2.03. The molecule has 0 unspecified atom stereocenters. The lowest BCUT2D eigenvalue weighted by Gasteiger charge is -2.29. The van der Waals surface area contributed by atoms with Gasteiger partial charge in [0.2, 0.25) is 17.7 Å². The van der Waals surface area contributed by atoms with Crippen LogP contribution in [0.15, 0.2) is 4.52 Å². The molecule has 3 rings (SSSR count). The van der Waals surface area contributed by atoms with Gasteiger partial charge in [-0.1, -0.05) is 24.4 Å². The summed E-state index contributed by atoms with van der Waals surface area (Å²) in [7, 11) is 0. The number of likely N-dealkylation sites (tertiary alicyclic amines) is 1.